The number of carbonyl (C=O) groups excluding carboxylic acids is 2. The molecule has 5 heteroatoms. The summed E-state index contributed by atoms with van der Waals surface area (Å²) in [4.78, 5) is 28.1. The van der Waals surface area contributed by atoms with E-state index >= 15 is 0 Å². The Morgan fingerprint density at radius 2 is 2.04 bits per heavy atom. The monoisotopic (exact) mass is 327 g/mol. The van der Waals surface area contributed by atoms with Gasteiger partial charge in [0, 0.05) is 17.3 Å². The van der Waals surface area contributed by atoms with Crippen molar-refractivity contribution in [3.05, 3.63) is 57.8 Å². The number of hydrogen-bond donors (Lipinski definition) is 0. The highest BCUT2D eigenvalue weighted by atomic mass is 32.1. The van der Waals surface area contributed by atoms with E-state index in [2.05, 4.69) is 0 Å². The van der Waals surface area contributed by atoms with Gasteiger partial charge in [-0.1, -0.05) is 24.3 Å². The highest BCUT2D eigenvalue weighted by Crippen LogP contribution is 2.31. The molecule has 1 atom stereocenters. The number of nitrogens with zero attached hydrogens (tertiary/aromatic N) is 1. The Labute approximate surface area is 138 Å². The zero-order valence-electron chi connectivity index (χ0n) is 12.6. The lowest BCUT2D eigenvalue weighted by Crippen LogP contribution is -2.45. The molecule has 0 radical (unpaired) electrons. The van der Waals surface area contributed by atoms with Crippen molar-refractivity contribution < 1.29 is 14.3 Å². The molecule has 23 heavy (non-hydrogen) atoms. The zero-order valence-corrected chi connectivity index (χ0v) is 13.4. The first-order valence-corrected chi connectivity index (χ1v) is 8.72. The normalized spacial score (nSPS) is 19.8. The molecule has 1 fully saturated rings. The smallest absolute Gasteiger partial charge is 0.339 e. The van der Waals surface area contributed by atoms with Crippen LogP contribution < -0.4 is 0 Å². The number of cyclic esters (lactones) is 1. The molecule has 2 heterocycles. The summed E-state index contributed by atoms with van der Waals surface area (Å²) in [7, 11) is 0. The van der Waals surface area contributed by atoms with Gasteiger partial charge in [-0.3, -0.25) is 4.79 Å². The van der Waals surface area contributed by atoms with Crippen molar-refractivity contribution in [2.45, 2.75) is 38.0 Å². The molecule has 0 spiro atoms. The van der Waals surface area contributed by atoms with Crippen molar-refractivity contribution in [1.82, 2.24) is 4.90 Å². The van der Waals surface area contributed by atoms with E-state index in [4.69, 9.17) is 4.74 Å². The summed E-state index contributed by atoms with van der Waals surface area (Å²) >= 11 is 1.65. The van der Waals surface area contributed by atoms with Crippen molar-refractivity contribution in [1.29, 1.82) is 0 Å². The Morgan fingerprint density at radius 1 is 1.22 bits per heavy atom. The quantitative estimate of drug-likeness (QED) is 0.811. The largest absolute Gasteiger partial charge is 0.448 e. The average molecular weight is 327 g/mol. The Morgan fingerprint density at radius 3 is 2.78 bits per heavy atom. The van der Waals surface area contributed by atoms with E-state index in [-0.39, 0.29) is 5.91 Å². The predicted molar refractivity (Wildman–Crippen MR) is 87.2 cm³/mol. The predicted octanol–water partition coefficient (Wildman–Crippen LogP) is 3.02. The lowest BCUT2D eigenvalue weighted by atomic mass is 9.98. The fourth-order valence-electron chi connectivity index (χ4n) is 3.00. The molecule has 2 aromatic rings. The number of amides is 1. The van der Waals surface area contributed by atoms with Crippen LogP contribution in [0.5, 0.6) is 0 Å². The van der Waals surface area contributed by atoms with Crippen molar-refractivity contribution in [2.24, 2.45) is 0 Å². The molecule has 1 saturated carbocycles. The minimum Gasteiger partial charge on any atom is -0.448 e. The van der Waals surface area contributed by atoms with E-state index in [9.17, 15) is 9.59 Å². The van der Waals surface area contributed by atoms with E-state index in [1.165, 1.54) is 0 Å². The maximum atomic E-state index is 12.9. The van der Waals surface area contributed by atoms with Crippen molar-refractivity contribution in [3.8, 4) is 0 Å². The molecule has 1 aromatic heterocycles. The van der Waals surface area contributed by atoms with Crippen LogP contribution in [0.2, 0.25) is 0 Å². The van der Waals surface area contributed by atoms with Gasteiger partial charge in [0.25, 0.3) is 5.91 Å². The third-order valence-corrected chi connectivity index (χ3v) is 5.21. The Hall–Kier alpha value is -2.14. The summed E-state index contributed by atoms with van der Waals surface area (Å²) in [5.74, 6) is -0.458. The van der Waals surface area contributed by atoms with Crippen LogP contribution in [0.15, 0.2) is 41.8 Å². The molecule has 0 unspecified atom stereocenters. The fourth-order valence-corrected chi connectivity index (χ4v) is 3.70. The molecule has 0 N–H and O–H groups in total. The van der Waals surface area contributed by atoms with Crippen molar-refractivity contribution in [2.75, 3.05) is 0 Å². The van der Waals surface area contributed by atoms with Crippen LogP contribution in [0.4, 0.5) is 0 Å². The van der Waals surface area contributed by atoms with Gasteiger partial charge in [-0.05, 0) is 35.9 Å². The van der Waals surface area contributed by atoms with E-state index in [1.807, 2.05) is 40.6 Å². The van der Waals surface area contributed by atoms with E-state index in [0.29, 0.717) is 24.6 Å². The van der Waals surface area contributed by atoms with Gasteiger partial charge < -0.3 is 9.64 Å². The standard InChI is InChI=1S/C18H17NO3S/c20-17(19(13-7-8-13)11-14-5-3-9-23-14)16-10-12-4-1-2-6-15(12)18(21)22-16/h1-6,9,13,16H,7-8,10-11H2/t16-/m0/s1. The maximum absolute atomic E-state index is 12.9. The molecule has 1 aliphatic carbocycles. The number of hydrogen-bond acceptors (Lipinski definition) is 4. The lowest BCUT2D eigenvalue weighted by Gasteiger charge is -2.29. The molecule has 0 bridgehead atoms. The molecule has 118 valence electrons. The van der Waals surface area contributed by atoms with Crippen LogP contribution >= 0.6 is 11.3 Å². The second kappa shape index (κ2) is 5.81. The van der Waals surface area contributed by atoms with Gasteiger partial charge in [0.2, 0.25) is 0 Å². The van der Waals surface area contributed by atoms with Crippen LogP contribution in [0.3, 0.4) is 0 Å². The van der Waals surface area contributed by atoms with Gasteiger partial charge in [0.05, 0.1) is 12.1 Å². The fraction of sp³-hybridized carbons (Fsp3) is 0.333. The van der Waals surface area contributed by atoms with Gasteiger partial charge in [0.1, 0.15) is 0 Å². The first-order valence-electron chi connectivity index (χ1n) is 7.84. The number of carbonyl (C=O) groups is 2. The molecule has 1 aromatic carbocycles. The number of thiophene rings is 1. The summed E-state index contributed by atoms with van der Waals surface area (Å²) in [5, 5.41) is 2.02. The van der Waals surface area contributed by atoms with Gasteiger partial charge in [-0.15, -0.1) is 11.3 Å². The number of fused-ring (bicyclic) bond motifs is 1. The van der Waals surface area contributed by atoms with E-state index in [0.717, 1.165) is 23.3 Å². The van der Waals surface area contributed by atoms with Crippen molar-refractivity contribution in [3.63, 3.8) is 0 Å². The summed E-state index contributed by atoms with van der Waals surface area (Å²) in [5.41, 5.74) is 1.47. The maximum Gasteiger partial charge on any atom is 0.339 e. The van der Waals surface area contributed by atoms with E-state index in [1.54, 1.807) is 17.4 Å². The van der Waals surface area contributed by atoms with Crippen LogP contribution in [0.1, 0.15) is 33.6 Å². The Balaban J connectivity index is 1.55. The minimum atomic E-state index is -0.696. The molecule has 4 rings (SSSR count). The minimum absolute atomic E-state index is 0.0660. The Bertz CT molecular complexity index is 736. The Kier molecular flexibility index (Phi) is 3.65. The van der Waals surface area contributed by atoms with Gasteiger partial charge in [0.15, 0.2) is 6.10 Å². The lowest BCUT2D eigenvalue weighted by molar-refractivity contribution is -0.142. The third-order valence-electron chi connectivity index (χ3n) is 4.34. The van der Waals surface area contributed by atoms with Crippen LogP contribution in [0.25, 0.3) is 0 Å². The molecule has 4 nitrogen and oxygen atoms in total. The summed E-state index contributed by atoms with van der Waals surface area (Å²) < 4.78 is 5.43. The first kappa shape index (κ1) is 14.5. The van der Waals surface area contributed by atoms with Crippen molar-refractivity contribution >= 4 is 23.2 Å². The highest BCUT2D eigenvalue weighted by molar-refractivity contribution is 7.09. The third kappa shape index (κ3) is 2.88. The topological polar surface area (TPSA) is 46.6 Å². The number of esters is 1. The first-order chi connectivity index (χ1) is 11.2. The molecule has 2 aliphatic rings. The van der Waals surface area contributed by atoms with Gasteiger partial charge >= 0.3 is 5.97 Å². The molecule has 0 saturated heterocycles. The highest BCUT2D eigenvalue weighted by Gasteiger charge is 2.39. The summed E-state index contributed by atoms with van der Waals surface area (Å²) in [6.07, 6.45) is 1.84. The van der Waals surface area contributed by atoms with Crippen LogP contribution in [0, 0.1) is 0 Å². The van der Waals surface area contributed by atoms with E-state index < -0.39 is 12.1 Å². The second-order valence-electron chi connectivity index (χ2n) is 6.03. The number of rotatable bonds is 4. The summed E-state index contributed by atoms with van der Waals surface area (Å²) in [6.45, 7) is 0.608. The van der Waals surface area contributed by atoms with Gasteiger partial charge in [-0.25, -0.2) is 4.79 Å². The van der Waals surface area contributed by atoms with Gasteiger partial charge in [-0.2, -0.15) is 0 Å². The zero-order chi connectivity index (χ0) is 15.8. The number of ether oxygens (including phenoxy) is 1. The molecule has 1 aliphatic heterocycles. The number of benzene rings is 1. The molecule has 1 amide bonds. The van der Waals surface area contributed by atoms with Crippen LogP contribution in [-0.4, -0.2) is 28.9 Å². The average Bonchev–Trinajstić information content (AvgIpc) is 3.28. The van der Waals surface area contributed by atoms with Crippen LogP contribution in [-0.2, 0) is 22.5 Å². The second-order valence-corrected chi connectivity index (χ2v) is 7.06. The molecular formula is C18H17NO3S. The molecular weight excluding hydrogens is 310 g/mol. The summed E-state index contributed by atoms with van der Waals surface area (Å²) in [6, 6.07) is 11.7. The SMILES string of the molecule is O=C1O[C@H](C(=O)N(Cc2cccs2)C2CC2)Cc2ccccc21.